The largest absolute Gasteiger partial charge is 0.477 e. The summed E-state index contributed by atoms with van der Waals surface area (Å²) >= 11 is 0. The van der Waals surface area contributed by atoms with Crippen molar-refractivity contribution < 1.29 is 18.3 Å². The van der Waals surface area contributed by atoms with Gasteiger partial charge in [0, 0.05) is 6.20 Å². The summed E-state index contributed by atoms with van der Waals surface area (Å²) in [7, 11) is -3.80. The van der Waals surface area contributed by atoms with Gasteiger partial charge in [-0.1, -0.05) is 0 Å². The first-order valence-electron chi connectivity index (χ1n) is 3.13. The molecule has 0 saturated carbocycles. The number of sulfonamides is 1. The van der Waals surface area contributed by atoms with Gasteiger partial charge in [0.25, 0.3) is 0 Å². The number of pyridine rings is 1. The van der Waals surface area contributed by atoms with Gasteiger partial charge in [0.1, 0.15) is 10.6 Å². The summed E-state index contributed by atoms with van der Waals surface area (Å²) in [6.45, 7) is 0. The van der Waals surface area contributed by atoms with Gasteiger partial charge in [-0.15, -0.1) is 24.8 Å². The number of carboxylic acids is 1. The Balaban J connectivity index is 0. The minimum atomic E-state index is -3.80. The Kier molecular flexibility index (Phi) is 6.46. The van der Waals surface area contributed by atoms with Crippen LogP contribution in [-0.4, -0.2) is 24.5 Å². The highest BCUT2D eigenvalue weighted by atomic mass is 35.5. The third kappa shape index (κ3) is 4.43. The van der Waals surface area contributed by atoms with E-state index in [1.807, 2.05) is 0 Å². The molecule has 0 fully saturated rings. The Hall–Kier alpha value is -0.890. The monoisotopic (exact) mass is 274 g/mol. The molecule has 1 heterocycles. The molecule has 0 radical (unpaired) electrons. The predicted molar refractivity (Wildman–Crippen MR) is 57.1 cm³/mol. The summed E-state index contributed by atoms with van der Waals surface area (Å²) in [5.74, 6) is -1.22. The number of halogens is 2. The number of primary sulfonamides is 1. The fourth-order valence-electron chi connectivity index (χ4n) is 0.675. The van der Waals surface area contributed by atoms with Crippen molar-refractivity contribution in [1.29, 1.82) is 0 Å². The van der Waals surface area contributed by atoms with E-state index in [-0.39, 0.29) is 35.4 Å². The molecule has 1 aromatic rings. The molecule has 9 heteroatoms. The highest BCUT2D eigenvalue weighted by Gasteiger charge is 2.09. The molecular weight excluding hydrogens is 267 g/mol. The van der Waals surface area contributed by atoms with Crippen LogP contribution >= 0.6 is 24.8 Å². The molecule has 0 aliphatic rings. The summed E-state index contributed by atoms with van der Waals surface area (Å²) in [5.41, 5.74) is -0.229. The Morgan fingerprint density at radius 2 is 1.87 bits per heavy atom. The highest BCUT2D eigenvalue weighted by Crippen LogP contribution is 2.04. The van der Waals surface area contributed by atoms with Crippen LogP contribution in [-0.2, 0) is 10.0 Å². The number of hydrogen-bond acceptors (Lipinski definition) is 4. The fraction of sp³-hybridized carbons (Fsp3) is 0. The van der Waals surface area contributed by atoms with E-state index in [1.54, 1.807) is 0 Å². The maximum atomic E-state index is 10.7. The first-order valence-corrected chi connectivity index (χ1v) is 4.68. The molecule has 0 aliphatic heterocycles. The molecule has 1 aromatic heterocycles. The number of nitrogens with zero attached hydrogens (tertiary/aromatic N) is 1. The van der Waals surface area contributed by atoms with Crippen LogP contribution in [0.1, 0.15) is 10.5 Å². The van der Waals surface area contributed by atoms with Crippen molar-refractivity contribution in [3.63, 3.8) is 0 Å². The summed E-state index contributed by atoms with van der Waals surface area (Å²) in [4.78, 5) is 13.5. The van der Waals surface area contributed by atoms with E-state index >= 15 is 0 Å². The van der Waals surface area contributed by atoms with Crippen molar-refractivity contribution in [2.24, 2.45) is 5.14 Å². The standard InChI is InChI=1S/C6H6N2O4S.2ClH/c7-13(11,12)4-1-2-5(6(9)10)8-3-4;;/h1-3H,(H,9,10)(H2,7,11,12);2*1H. The molecule has 3 N–H and O–H groups in total. The van der Waals surface area contributed by atoms with Crippen molar-refractivity contribution in [1.82, 2.24) is 4.98 Å². The molecule has 6 nitrogen and oxygen atoms in total. The van der Waals surface area contributed by atoms with E-state index < -0.39 is 16.0 Å². The van der Waals surface area contributed by atoms with Crippen LogP contribution in [0.15, 0.2) is 23.2 Å². The van der Waals surface area contributed by atoms with Crippen LogP contribution < -0.4 is 5.14 Å². The van der Waals surface area contributed by atoms with Gasteiger partial charge in [0.2, 0.25) is 10.0 Å². The quantitative estimate of drug-likeness (QED) is 0.804. The van der Waals surface area contributed by atoms with Gasteiger partial charge in [-0.2, -0.15) is 0 Å². The molecule has 0 aromatic carbocycles. The smallest absolute Gasteiger partial charge is 0.354 e. The molecule has 0 amide bonds. The Bertz CT molecular complexity index is 431. The Morgan fingerprint density at radius 3 is 2.13 bits per heavy atom. The van der Waals surface area contributed by atoms with Crippen molar-refractivity contribution in [3.05, 3.63) is 24.0 Å². The molecular formula is C6H8Cl2N2O4S. The van der Waals surface area contributed by atoms with E-state index in [2.05, 4.69) is 4.98 Å². The van der Waals surface area contributed by atoms with Crippen LogP contribution in [0.25, 0.3) is 0 Å². The first-order chi connectivity index (χ1) is 5.91. The second-order valence-corrected chi connectivity index (χ2v) is 3.79. The molecule has 86 valence electrons. The predicted octanol–water partition coefficient (Wildman–Crippen LogP) is 0.271. The molecule has 1 rings (SSSR count). The Morgan fingerprint density at radius 1 is 1.33 bits per heavy atom. The van der Waals surface area contributed by atoms with E-state index in [4.69, 9.17) is 10.2 Å². The maximum Gasteiger partial charge on any atom is 0.354 e. The zero-order valence-electron chi connectivity index (χ0n) is 7.15. The fourth-order valence-corrected chi connectivity index (χ4v) is 1.13. The topological polar surface area (TPSA) is 110 Å². The average Bonchev–Trinajstić information content (AvgIpc) is 2.03. The van der Waals surface area contributed by atoms with E-state index in [1.165, 1.54) is 0 Å². The number of rotatable bonds is 2. The van der Waals surface area contributed by atoms with E-state index in [0.29, 0.717) is 0 Å². The minimum Gasteiger partial charge on any atom is -0.477 e. The molecule has 0 bridgehead atoms. The second-order valence-electron chi connectivity index (χ2n) is 2.23. The van der Waals surface area contributed by atoms with Gasteiger partial charge >= 0.3 is 5.97 Å². The SMILES string of the molecule is Cl.Cl.NS(=O)(=O)c1ccc(C(=O)O)nc1. The molecule has 0 saturated heterocycles. The summed E-state index contributed by atoms with van der Waals surface area (Å²) in [5, 5.41) is 13.2. The highest BCUT2D eigenvalue weighted by molar-refractivity contribution is 7.89. The van der Waals surface area contributed by atoms with Crippen LogP contribution in [0.3, 0.4) is 0 Å². The lowest BCUT2D eigenvalue weighted by Crippen LogP contribution is -2.13. The van der Waals surface area contributed by atoms with Gasteiger partial charge < -0.3 is 5.11 Å². The van der Waals surface area contributed by atoms with Gasteiger partial charge in [-0.05, 0) is 12.1 Å². The summed E-state index contributed by atoms with van der Waals surface area (Å²) in [6, 6.07) is 2.16. The lowest BCUT2D eigenvalue weighted by molar-refractivity contribution is 0.0690. The van der Waals surface area contributed by atoms with Gasteiger partial charge in [-0.3, -0.25) is 0 Å². The molecule has 15 heavy (non-hydrogen) atoms. The lowest BCUT2D eigenvalue weighted by Gasteiger charge is -1.96. The molecule has 0 unspecified atom stereocenters. The molecule has 0 spiro atoms. The third-order valence-corrected chi connectivity index (χ3v) is 2.18. The number of aromatic carboxylic acids is 1. The third-order valence-electron chi connectivity index (χ3n) is 1.28. The van der Waals surface area contributed by atoms with E-state index in [0.717, 1.165) is 18.3 Å². The van der Waals surface area contributed by atoms with Crippen molar-refractivity contribution in [3.8, 4) is 0 Å². The van der Waals surface area contributed by atoms with Crippen LogP contribution in [0, 0.1) is 0 Å². The number of carboxylic acid groups (broad SMARTS) is 1. The lowest BCUT2D eigenvalue weighted by atomic mass is 10.4. The zero-order valence-corrected chi connectivity index (χ0v) is 9.60. The molecule has 0 aliphatic carbocycles. The normalized spacial score (nSPS) is 9.67. The average molecular weight is 275 g/mol. The van der Waals surface area contributed by atoms with Crippen LogP contribution in [0.2, 0.25) is 0 Å². The summed E-state index contributed by atoms with van der Waals surface area (Å²) in [6.07, 6.45) is 0.902. The summed E-state index contributed by atoms with van der Waals surface area (Å²) < 4.78 is 21.4. The van der Waals surface area contributed by atoms with Crippen LogP contribution in [0.5, 0.6) is 0 Å². The van der Waals surface area contributed by atoms with Gasteiger partial charge in [0.05, 0.1) is 0 Å². The van der Waals surface area contributed by atoms with Crippen LogP contribution in [0.4, 0.5) is 0 Å². The number of nitrogens with two attached hydrogens (primary N) is 1. The molecule has 0 atom stereocenters. The van der Waals surface area contributed by atoms with Crippen molar-refractivity contribution >= 4 is 40.8 Å². The number of aromatic nitrogens is 1. The second kappa shape index (κ2) is 5.86. The number of hydrogen-bond donors (Lipinski definition) is 2. The number of carbonyl (C=O) groups is 1. The maximum absolute atomic E-state index is 10.7. The van der Waals surface area contributed by atoms with Gasteiger partial charge in [0.15, 0.2) is 0 Å². The first kappa shape index (κ1) is 16.5. The van der Waals surface area contributed by atoms with Crippen molar-refractivity contribution in [2.75, 3.05) is 0 Å². The Labute approximate surface area is 98.4 Å². The van der Waals surface area contributed by atoms with Crippen molar-refractivity contribution in [2.45, 2.75) is 4.90 Å². The van der Waals surface area contributed by atoms with Gasteiger partial charge in [-0.25, -0.2) is 23.3 Å². The van der Waals surface area contributed by atoms with E-state index in [9.17, 15) is 13.2 Å². The zero-order chi connectivity index (χ0) is 10.1. The minimum absolute atomic E-state index is 0.